The fraction of sp³-hybridized carbons (Fsp3) is 0.158. The summed E-state index contributed by atoms with van der Waals surface area (Å²) in [6, 6.07) is 16.8. The van der Waals surface area contributed by atoms with Gasteiger partial charge in [0.25, 0.3) is 0 Å². The maximum absolute atomic E-state index is 12.0. The summed E-state index contributed by atoms with van der Waals surface area (Å²) in [6.07, 6.45) is 2.26. The molecule has 0 atom stereocenters. The van der Waals surface area contributed by atoms with Gasteiger partial charge < -0.3 is 14.6 Å². The van der Waals surface area contributed by atoms with Crippen molar-refractivity contribution in [2.75, 3.05) is 5.32 Å². The Morgan fingerprint density at radius 2 is 1.79 bits per heavy atom. The third-order valence-electron chi connectivity index (χ3n) is 3.64. The number of nitrogens with one attached hydrogen (secondary N) is 1. The Bertz CT molecular complexity index is 866. The summed E-state index contributed by atoms with van der Waals surface area (Å²) in [5.74, 6) is 0.0326. The number of benzene rings is 2. The molecule has 0 saturated heterocycles. The summed E-state index contributed by atoms with van der Waals surface area (Å²) in [5.41, 5.74) is 1.77. The molecule has 0 spiro atoms. The van der Waals surface area contributed by atoms with E-state index in [4.69, 9.17) is 4.74 Å². The molecule has 0 bridgehead atoms. The highest BCUT2D eigenvalue weighted by atomic mass is 16.5. The normalized spacial score (nSPS) is 10.5. The third kappa shape index (κ3) is 3.81. The largest absolute Gasteiger partial charge is 0.426 e. The number of hydrogen-bond acceptors (Lipinski definition) is 3. The van der Waals surface area contributed by atoms with Crippen molar-refractivity contribution < 1.29 is 14.3 Å². The summed E-state index contributed by atoms with van der Waals surface area (Å²) < 4.78 is 7.36. The summed E-state index contributed by atoms with van der Waals surface area (Å²) in [7, 11) is 0. The molecule has 1 amide bonds. The van der Waals surface area contributed by atoms with E-state index in [1.807, 2.05) is 41.1 Å². The van der Waals surface area contributed by atoms with Gasteiger partial charge in [0.05, 0.1) is 6.42 Å². The topological polar surface area (TPSA) is 60.3 Å². The molecule has 2 aromatic carbocycles. The van der Waals surface area contributed by atoms with Crippen LogP contribution in [0.4, 0.5) is 5.69 Å². The van der Waals surface area contributed by atoms with Gasteiger partial charge in [-0.3, -0.25) is 9.59 Å². The number of esters is 1. The van der Waals surface area contributed by atoms with Crippen molar-refractivity contribution in [2.24, 2.45) is 0 Å². The van der Waals surface area contributed by atoms with E-state index in [0.29, 0.717) is 18.0 Å². The molecule has 0 saturated carbocycles. The third-order valence-corrected chi connectivity index (χ3v) is 3.64. The highest BCUT2D eigenvalue weighted by Gasteiger charge is 2.07. The molecule has 5 heteroatoms. The standard InChI is InChI=1S/C19H18N2O3/c1-14(22)20-16-6-8-17(9-7-16)24-19(23)11-13-21-12-10-15-4-2-3-5-18(15)21/h2-10,12H,11,13H2,1H3,(H,20,22). The Balaban J connectivity index is 1.56. The van der Waals surface area contributed by atoms with Gasteiger partial charge in [0.15, 0.2) is 0 Å². The molecule has 0 fully saturated rings. The second-order valence-corrected chi connectivity index (χ2v) is 5.50. The number of hydrogen-bond donors (Lipinski definition) is 1. The van der Waals surface area contributed by atoms with Crippen LogP contribution in [0.15, 0.2) is 60.8 Å². The van der Waals surface area contributed by atoms with Gasteiger partial charge in [0, 0.05) is 30.9 Å². The van der Waals surface area contributed by atoms with E-state index in [9.17, 15) is 9.59 Å². The highest BCUT2D eigenvalue weighted by molar-refractivity contribution is 5.88. The molecule has 1 heterocycles. The van der Waals surface area contributed by atoms with Gasteiger partial charge in [0.2, 0.25) is 5.91 Å². The molecular formula is C19H18N2O3. The lowest BCUT2D eigenvalue weighted by atomic mass is 10.2. The van der Waals surface area contributed by atoms with Crippen LogP contribution in [0.2, 0.25) is 0 Å². The van der Waals surface area contributed by atoms with Crippen LogP contribution in [0.1, 0.15) is 13.3 Å². The molecule has 24 heavy (non-hydrogen) atoms. The van der Waals surface area contributed by atoms with Crippen LogP contribution in [-0.4, -0.2) is 16.4 Å². The van der Waals surface area contributed by atoms with Gasteiger partial charge in [0.1, 0.15) is 5.75 Å². The van der Waals surface area contributed by atoms with Gasteiger partial charge in [-0.25, -0.2) is 0 Å². The minimum atomic E-state index is -0.292. The fourth-order valence-electron chi connectivity index (χ4n) is 2.54. The Hall–Kier alpha value is -3.08. The zero-order valence-corrected chi connectivity index (χ0v) is 13.4. The van der Waals surface area contributed by atoms with Crippen LogP contribution < -0.4 is 10.1 Å². The van der Waals surface area contributed by atoms with Crippen LogP contribution in [0.3, 0.4) is 0 Å². The Morgan fingerprint density at radius 3 is 2.54 bits per heavy atom. The second kappa shape index (κ2) is 7.00. The van der Waals surface area contributed by atoms with Gasteiger partial charge in [-0.1, -0.05) is 18.2 Å². The van der Waals surface area contributed by atoms with Crippen LogP contribution >= 0.6 is 0 Å². The molecule has 0 aliphatic rings. The predicted molar refractivity (Wildman–Crippen MR) is 92.9 cm³/mol. The van der Waals surface area contributed by atoms with Gasteiger partial charge in [-0.15, -0.1) is 0 Å². The molecular weight excluding hydrogens is 304 g/mol. The number of nitrogens with zero attached hydrogens (tertiary/aromatic N) is 1. The van der Waals surface area contributed by atoms with E-state index in [-0.39, 0.29) is 18.3 Å². The highest BCUT2D eigenvalue weighted by Crippen LogP contribution is 2.18. The number of aryl methyl sites for hydroxylation is 1. The molecule has 1 aromatic heterocycles. The van der Waals surface area contributed by atoms with E-state index < -0.39 is 0 Å². The van der Waals surface area contributed by atoms with Crippen molar-refractivity contribution in [3.63, 3.8) is 0 Å². The quantitative estimate of drug-likeness (QED) is 0.577. The SMILES string of the molecule is CC(=O)Nc1ccc(OC(=O)CCn2ccc3ccccc32)cc1. The summed E-state index contributed by atoms with van der Waals surface area (Å²) in [6.45, 7) is 2.01. The summed E-state index contributed by atoms with van der Waals surface area (Å²) in [5, 5.41) is 3.82. The first-order valence-electron chi connectivity index (χ1n) is 7.74. The van der Waals surface area contributed by atoms with Crippen LogP contribution in [0, 0.1) is 0 Å². The van der Waals surface area contributed by atoms with Crippen LogP contribution in [0.25, 0.3) is 10.9 Å². The first-order valence-corrected chi connectivity index (χ1v) is 7.74. The zero-order valence-electron chi connectivity index (χ0n) is 13.4. The smallest absolute Gasteiger partial charge is 0.312 e. The molecule has 0 aliphatic carbocycles. The van der Waals surface area contributed by atoms with Crippen molar-refractivity contribution in [2.45, 2.75) is 19.9 Å². The first kappa shape index (κ1) is 15.8. The molecule has 3 aromatic rings. The van der Waals surface area contributed by atoms with Crippen molar-refractivity contribution in [3.05, 3.63) is 60.8 Å². The van der Waals surface area contributed by atoms with Crippen molar-refractivity contribution >= 4 is 28.5 Å². The molecule has 5 nitrogen and oxygen atoms in total. The second-order valence-electron chi connectivity index (χ2n) is 5.50. The van der Waals surface area contributed by atoms with E-state index in [0.717, 1.165) is 10.9 Å². The number of anilines is 1. The van der Waals surface area contributed by atoms with E-state index in [1.165, 1.54) is 6.92 Å². The van der Waals surface area contributed by atoms with Gasteiger partial charge in [-0.05, 0) is 41.8 Å². The zero-order chi connectivity index (χ0) is 16.9. The minimum Gasteiger partial charge on any atom is -0.426 e. The molecule has 1 N–H and O–H groups in total. The number of aromatic nitrogens is 1. The van der Waals surface area contributed by atoms with Crippen LogP contribution in [-0.2, 0) is 16.1 Å². The molecule has 0 unspecified atom stereocenters. The van der Waals surface area contributed by atoms with E-state index >= 15 is 0 Å². The maximum atomic E-state index is 12.0. The minimum absolute atomic E-state index is 0.140. The van der Waals surface area contributed by atoms with Crippen molar-refractivity contribution in [1.29, 1.82) is 0 Å². The number of ether oxygens (including phenoxy) is 1. The average molecular weight is 322 g/mol. The van der Waals surface area contributed by atoms with Crippen molar-refractivity contribution in [3.8, 4) is 5.75 Å². The number of carbonyl (C=O) groups is 2. The lowest BCUT2D eigenvalue weighted by Crippen LogP contribution is -2.11. The lowest BCUT2D eigenvalue weighted by molar-refractivity contribution is -0.134. The maximum Gasteiger partial charge on any atom is 0.312 e. The van der Waals surface area contributed by atoms with Gasteiger partial charge >= 0.3 is 5.97 Å². The van der Waals surface area contributed by atoms with Crippen LogP contribution in [0.5, 0.6) is 5.75 Å². The summed E-state index contributed by atoms with van der Waals surface area (Å²) in [4.78, 5) is 23.0. The number of carbonyl (C=O) groups excluding carboxylic acids is 2. The number of rotatable bonds is 5. The molecule has 0 radical (unpaired) electrons. The summed E-state index contributed by atoms with van der Waals surface area (Å²) >= 11 is 0. The van der Waals surface area contributed by atoms with E-state index in [1.54, 1.807) is 24.3 Å². The molecule has 122 valence electrons. The first-order chi connectivity index (χ1) is 11.6. The number of para-hydroxylation sites is 1. The van der Waals surface area contributed by atoms with E-state index in [2.05, 4.69) is 5.32 Å². The average Bonchev–Trinajstić information content (AvgIpc) is 2.98. The molecule has 0 aliphatic heterocycles. The number of amides is 1. The number of fused-ring (bicyclic) bond motifs is 1. The van der Waals surface area contributed by atoms with Gasteiger partial charge in [-0.2, -0.15) is 0 Å². The predicted octanol–water partition coefficient (Wildman–Crippen LogP) is 3.60. The fourth-order valence-corrected chi connectivity index (χ4v) is 2.54. The lowest BCUT2D eigenvalue weighted by Gasteiger charge is -2.07. The monoisotopic (exact) mass is 322 g/mol. The Labute approximate surface area is 139 Å². The van der Waals surface area contributed by atoms with Crippen molar-refractivity contribution in [1.82, 2.24) is 4.57 Å². The Kier molecular flexibility index (Phi) is 4.61. The Morgan fingerprint density at radius 1 is 1.04 bits per heavy atom. The molecule has 3 rings (SSSR count).